The number of rotatable bonds is 3. The predicted molar refractivity (Wildman–Crippen MR) is 108 cm³/mol. The Hall–Kier alpha value is -2.53. The van der Waals surface area contributed by atoms with Crippen molar-refractivity contribution in [3.63, 3.8) is 0 Å². The van der Waals surface area contributed by atoms with Crippen LogP contribution in [0.2, 0.25) is 0 Å². The van der Waals surface area contributed by atoms with Crippen LogP contribution < -0.4 is 4.90 Å². The molecule has 0 N–H and O–H groups in total. The number of fused-ring (bicyclic) bond motifs is 1. The van der Waals surface area contributed by atoms with Crippen molar-refractivity contribution in [3.8, 4) is 0 Å². The van der Waals surface area contributed by atoms with Crippen LogP contribution in [0.15, 0.2) is 42.0 Å². The highest BCUT2D eigenvalue weighted by Gasteiger charge is 2.24. The number of ketones is 1. The van der Waals surface area contributed by atoms with Gasteiger partial charge in [0.2, 0.25) is 0 Å². The molecule has 0 atom stereocenters. The number of piperazine rings is 1. The Morgan fingerprint density at radius 2 is 1.82 bits per heavy atom. The first kappa shape index (κ1) is 18.8. The monoisotopic (exact) mass is 382 g/mol. The molecule has 1 fully saturated rings. The minimum absolute atomic E-state index is 0.0905. The molecule has 5 heteroatoms. The van der Waals surface area contributed by atoms with Crippen molar-refractivity contribution >= 4 is 17.5 Å². The van der Waals surface area contributed by atoms with Crippen LogP contribution in [0.5, 0.6) is 0 Å². The molecule has 2 aliphatic rings. The van der Waals surface area contributed by atoms with Gasteiger partial charge in [0.25, 0.3) is 0 Å². The van der Waals surface area contributed by atoms with Crippen LogP contribution in [0.1, 0.15) is 34.8 Å². The second-order valence-electron chi connectivity index (χ2n) is 7.40. The molecule has 0 amide bonds. The lowest BCUT2D eigenvalue weighted by molar-refractivity contribution is 0.102. The average molecular weight is 382 g/mol. The van der Waals surface area contributed by atoms with Gasteiger partial charge in [-0.25, -0.2) is 8.78 Å². The SMILES string of the molecule is CCN1CCN(c2ccc3c(c2)CC/C(=C\c2cccc(F)c2F)C3=O)CC1. The van der Waals surface area contributed by atoms with E-state index in [-0.39, 0.29) is 11.3 Å². The molecule has 0 unspecified atom stereocenters. The fourth-order valence-corrected chi connectivity index (χ4v) is 4.04. The van der Waals surface area contributed by atoms with Gasteiger partial charge in [-0.05, 0) is 55.3 Å². The zero-order valence-corrected chi connectivity index (χ0v) is 16.0. The summed E-state index contributed by atoms with van der Waals surface area (Å²) in [5.41, 5.74) is 3.52. The first-order chi connectivity index (χ1) is 13.6. The Morgan fingerprint density at radius 1 is 1.04 bits per heavy atom. The Morgan fingerprint density at radius 3 is 2.57 bits per heavy atom. The van der Waals surface area contributed by atoms with Crippen LogP contribution >= 0.6 is 0 Å². The van der Waals surface area contributed by atoms with Crippen molar-refractivity contribution in [1.29, 1.82) is 0 Å². The van der Waals surface area contributed by atoms with Gasteiger partial charge in [0, 0.05) is 48.6 Å². The van der Waals surface area contributed by atoms with Crippen molar-refractivity contribution in [1.82, 2.24) is 4.90 Å². The normalized spacial score (nSPS) is 19.2. The number of likely N-dealkylation sites (N-methyl/N-ethyl adjacent to an activating group) is 1. The number of hydrogen-bond donors (Lipinski definition) is 0. The highest BCUT2D eigenvalue weighted by molar-refractivity contribution is 6.13. The van der Waals surface area contributed by atoms with E-state index in [4.69, 9.17) is 0 Å². The summed E-state index contributed by atoms with van der Waals surface area (Å²) in [4.78, 5) is 17.7. The second kappa shape index (κ2) is 7.84. The van der Waals surface area contributed by atoms with Gasteiger partial charge in [-0.15, -0.1) is 0 Å². The van der Waals surface area contributed by atoms with Crippen LogP contribution in [0.25, 0.3) is 6.08 Å². The summed E-state index contributed by atoms with van der Waals surface area (Å²) >= 11 is 0. The van der Waals surface area contributed by atoms with E-state index in [1.54, 1.807) is 0 Å². The van der Waals surface area contributed by atoms with E-state index in [1.807, 2.05) is 12.1 Å². The molecule has 0 aromatic heterocycles. The summed E-state index contributed by atoms with van der Waals surface area (Å²) < 4.78 is 27.4. The number of Topliss-reactive ketones (excluding diaryl/α,β-unsaturated/α-hetero) is 1. The third kappa shape index (κ3) is 3.59. The van der Waals surface area contributed by atoms with Gasteiger partial charge < -0.3 is 9.80 Å². The van der Waals surface area contributed by atoms with Crippen LogP contribution in [-0.2, 0) is 6.42 Å². The second-order valence-corrected chi connectivity index (χ2v) is 7.40. The third-order valence-corrected chi connectivity index (χ3v) is 5.78. The number of hydrogen-bond acceptors (Lipinski definition) is 3. The molecule has 3 nitrogen and oxygen atoms in total. The number of carbonyl (C=O) groups excluding carboxylic acids is 1. The molecule has 1 aliphatic heterocycles. The van der Waals surface area contributed by atoms with Gasteiger partial charge in [-0.3, -0.25) is 4.79 Å². The summed E-state index contributed by atoms with van der Waals surface area (Å²) in [6.07, 6.45) is 2.75. The molecular formula is C23H24F2N2O. The fraction of sp³-hybridized carbons (Fsp3) is 0.348. The van der Waals surface area contributed by atoms with Crippen molar-refractivity contribution < 1.29 is 13.6 Å². The number of anilines is 1. The maximum atomic E-state index is 14.0. The molecule has 4 rings (SSSR count). The quantitative estimate of drug-likeness (QED) is 0.739. The average Bonchev–Trinajstić information content (AvgIpc) is 2.73. The van der Waals surface area contributed by atoms with E-state index < -0.39 is 11.6 Å². The lowest BCUT2D eigenvalue weighted by Crippen LogP contribution is -2.46. The van der Waals surface area contributed by atoms with Crippen molar-refractivity contribution in [2.75, 3.05) is 37.6 Å². The molecule has 0 radical (unpaired) electrons. The Kier molecular flexibility index (Phi) is 5.27. The van der Waals surface area contributed by atoms with Crippen molar-refractivity contribution in [2.45, 2.75) is 19.8 Å². The topological polar surface area (TPSA) is 23.6 Å². The van der Waals surface area contributed by atoms with E-state index >= 15 is 0 Å². The van der Waals surface area contributed by atoms with Crippen LogP contribution in [0.4, 0.5) is 14.5 Å². The number of aryl methyl sites for hydroxylation is 1. The molecular weight excluding hydrogens is 358 g/mol. The van der Waals surface area contributed by atoms with E-state index in [0.29, 0.717) is 17.6 Å². The van der Waals surface area contributed by atoms with E-state index in [0.717, 1.165) is 56.5 Å². The number of benzene rings is 2. The van der Waals surface area contributed by atoms with Gasteiger partial charge in [0.15, 0.2) is 17.4 Å². The highest BCUT2D eigenvalue weighted by Crippen LogP contribution is 2.30. The van der Waals surface area contributed by atoms with Crippen LogP contribution in [0, 0.1) is 11.6 Å². The number of allylic oxidation sites excluding steroid dienone is 1. The van der Waals surface area contributed by atoms with E-state index in [1.165, 1.54) is 18.2 Å². The minimum Gasteiger partial charge on any atom is -0.369 e. The summed E-state index contributed by atoms with van der Waals surface area (Å²) in [7, 11) is 0. The molecule has 0 spiro atoms. The molecule has 1 aliphatic carbocycles. The molecule has 1 heterocycles. The van der Waals surface area contributed by atoms with Gasteiger partial charge >= 0.3 is 0 Å². The lowest BCUT2D eigenvalue weighted by atomic mass is 9.85. The first-order valence-corrected chi connectivity index (χ1v) is 9.86. The molecule has 146 valence electrons. The van der Waals surface area contributed by atoms with Gasteiger partial charge in [-0.1, -0.05) is 19.1 Å². The van der Waals surface area contributed by atoms with Gasteiger partial charge in [0.05, 0.1) is 0 Å². The standard InChI is InChI=1S/C23H24F2N2O/c1-2-26-10-12-27(13-11-26)19-8-9-20-16(15-19)6-7-18(23(20)28)14-17-4-3-5-21(24)22(17)25/h3-5,8-9,14-15H,2,6-7,10-13H2,1H3/b18-14+. The van der Waals surface area contributed by atoms with E-state index in [9.17, 15) is 13.6 Å². The molecule has 2 aromatic carbocycles. The van der Waals surface area contributed by atoms with Crippen molar-refractivity contribution in [3.05, 3.63) is 70.3 Å². The van der Waals surface area contributed by atoms with Crippen LogP contribution in [0.3, 0.4) is 0 Å². The van der Waals surface area contributed by atoms with E-state index in [2.05, 4.69) is 22.8 Å². The summed E-state index contributed by atoms with van der Waals surface area (Å²) in [5.74, 6) is -1.90. The maximum absolute atomic E-state index is 14.0. The largest absolute Gasteiger partial charge is 0.369 e. The number of halogens is 2. The highest BCUT2D eigenvalue weighted by atomic mass is 19.2. The molecule has 0 saturated carbocycles. The molecule has 0 bridgehead atoms. The predicted octanol–water partition coefficient (Wildman–Crippen LogP) is 4.32. The summed E-state index contributed by atoms with van der Waals surface area (Å²) in [6, 6.07) is 10.0. The first-order valence-electron chi connectivity index (χ1n) is 9.86. The molecule has 28 heavy (non-hydrogen) atoms. The fourth-order valence-electron chi connectivity index (χ4n) is 4.04. The number of nitrogens with zero attached hydrogens (tertiary/aromatic N) is 2. The smallest absolute Gasteiger partial charge is 0.189 e. The Balaban J connectivity index is 1.56. The molecule has 2 aromatic rings. The number of carbonyl (C=O) groups is 1. The Bertz CT molecular complexity index is 930. The van der Waals surface area contributed by atoms with Crippen molar-refractivity contribution in [2.24, 2.45) is 0 Å². The molecule has 1 saturated heterocycles. The zero-order valence-electron chi connectivity index (χ0n) is 16.0. The Labute approximate surface area is 164 Å². The summed E-state index contributed by atoms with van der Waals surface area (Å²) in [5, 5.41) is 0. The zero-order chi connectivity index (χ0) is 19.7. The minimum atomic E-state index is -0.907. The maximum Gasteiger partial charge on any atom is 0.189 e. The third-order valence-electron chi connectivity index (χ3n) is 5.78. The van der Waals surface area contributed by atoms with Crippen LogP contribution in [-0.4, -0.2) is 43.4 Å². The lowest BCUT2D eigenvalue weighted by Gasteiger charge is -2.36. The van der Waals surface area contributed by atoms with Gasteiger partial charge in [0.1, 0.15) is 0 Å². The van der Waals surface area contributed by atoms with Gasteiger partial charge in [-0.2, -0.15) is 0 Å². The summed E-state index contributed by atoms with van der Waals surface area (Å²) in [6.45, 7) is 7.35.